The number of amides is 1. The van der Waals surface area contributed by atoms with Gasteiger partial charge in [-0.15, -0.1) is 0 Å². The van der Waals surface area contributed by atoms with Crippen LogP contribution in [0.15, 0.2) is 36.7 Å². The van der Waals surface area contributed by atoms with Crippen LogP contribution < -0.4 is 5.32 Å². The quantitative estimate of drug-likeness (QED) is 0.724. The monoisotopic (exact) mass is 463 g/mol. The van der Waals surface area contributed by atoms with Crippen molar-refractivity contribution in [2.24, 2.45) is 7.05 Å². The molecule has 3 heterocycles. The Labute approximate surface area is 188 Å². The molecule has 2 saturated heterocycles. The summed E-state index contributed by atoms with van der Waals surface area (Å²) in [6.07, 6.45) is 1.28. The fourth-order valence-electron chi connectivity index (χ4n) is 4.43. The predicted octanol–water partition coefficient (Wildman–Crippen LogP) is 2.56. The lowest BCUT2D eigenvalue weighted by Crippen LogP contribution is -2.53. The molecule has 33 heavy (non-hydrogen) atoms. The molecule has 11 heteroatoms. The minimum absolute atomic E-state index is 0.147. The van der Waals surface area contributed by atoms with E-state index in [0.717, 1.165) is 38.0 Å². The number of aromatic nitrogens is 2. The van der Waals surface area contributed by atoms with Crippen LogP contribution in [0.2, 0.25) is 0 Å². The lowest BCUT2D eigenvalue weighted by molar-refractivity contribution is -0.192. The SMILES string of the molecule is Cn1cc(C2CC(=O)NC23CCN(Cc2cccc(C#N)c2)CC3)cn1.O=C(O)C(F)(F)F. The van der Waals surface area contributed by atoms with Gasteiger partial charge in [0.2, 0.25) is 5.91 Å². The van der Waals surface area contributed by atoms with Crippen molar-refractivity contribution < 1.29 is 27.9 Å². The van der Waals surface area contributed by atoms with E-state index >= 15 is 0 Å². The Bertz CT molecular complexity index is 1050. The second-order valence-corrected chi connectivity index (χ2v) is 8.30. The number of halogens is 3. The van der Waals surface area contributed by atoms with Crippen molar-refractivity contribution in [1.29, 1.82) is 5.26 Å². The summed E-state index contributed by atoms with van der Waals surface area (Å²) in [4.78, 5) is 23.5. The van der Waals surface area contributed by atoms with E-state index in [9.17, 15) is 18.0 Å². The first-order valence-corrected chi connectivity index (χ1v) is 10.3. The van der Waals surface area contributed by atoms with Crippen molar-refractivity contribution >= 4 is 11.9 Å². The summed E-state index contributed by atoms with van der Waals surface area (Å²) in [5, 5.41) is 23.8. The molecule has 1 aromatic carbocycles. The molecular weight excluding hydrogens is 439 g/mol. The maximum Gasteiger partial charge on any atom is 0.490 e. The van der Waals surface area contributed by atoms with Crippen LogP contribution in [-0.4, -0.2) is 56.5 Å². The minimum atomic E-state index is -5.08. The van der Waals surface area contributed by atoms with Crippen molar-refractivity contribution in [3.63, 3.8) is 0 Å². The number of rotatable bonds is 3. The number of nitriles is 1. The van der Waals surface area contributed by atoms with Crippen molar-refractivity contribution in [1.82, 2.24) is 20.0 Å². The number of alkyl halides is 3. The van der Waals surface area contributed by atoms with Gasteiger partial charge in [0.15, 0.2) is 0 Å². The van der Waals surface area contributed by atoms with Gasteiger partial charge in [-0.2, -0.15) is 23.5 Å². The van der Waals surface area contributed by atoms with Gasteiger partial charge >= 0.3 is 12.1 Å². The van der Waals surface area contributed by atoms with E-state index in [-0.39, 0.29) is 17.4 Å². The van der Waals surface area contributed by atoms with Crippen LogP contribution in [0.5, 0.6) is 0 Å². The van der Waals surface area contributed by atoms with Crippen LogP contribution in [0.4, 0.5) is 13.2 Å². The average molecular weight is 463 g/mol. The van der Waals surface area contributed by atoms with Crippen LogP contribution in [0.1, 0.15) is 41.9 Å². The summed E-state index contributed by atoms with van der Waals surface area (Å²) in [5.74, 6) is -2.41. The van der Waals surface area contributed by atoms with Crippen LogP contribution in [0.25, 0.3) is 0 Å². The lowest BCUT2D eigenvalue weighted by atomic mass is 9.75. The molecular formula is C22H24F3N5O3. The molecule has 1 atom stereocenters. The first kappa shape index (κ1) is 24.3. The molecule has 4 rings (SSSR count). The Hall–Kier alpha value is -3.39. The fourth-order valence-corrected chi connectivity index (χ4v) is 4.43. The van der Waals surface area contributed by atoms with E-state index < -0.39 is 12.1 Å². The summed E-state index contributed by atoms with van der Waals surface area (Å²) in [5.41, 5.74) is 2.88. The van der Waals surface area contributed by atoms with Crippen LogP contribution in [0.3, 0.4) is 0 Å². The van der Waals surface area contributed by atoms with Gasteiger partial charge < -0.3 is 10.4 Å². The number of hydrogen-bond donors (Lipinski definition) is 2. The van der Waals surface area contributed by atoms with E-state index in [2.05, 4.69) is 27.5 Å². The van der Waals surface area contributed by atoms with Crippen LogP contribution in [-0.2, 0) is 23.2 Å². The molecule has 0 radical (unpaired) electrons. The standard InChI is InChI=1S/C20H23N5O.C2HF3O2/c1-24-14-17(12-22-24)18-10-19(26)23-20(18)5-7-25(8-6-20)13-16-4-2-3-15(9-16)11-21;3-2(4,5)1(6)7/h2-4,9,12,14,18H,5-8,10,13H2,1H3,(H,23,26);(H,6,7). The Morgan fingerprint density at radius 3 is 2.58 bits per heavy atom. The number of aliphatic carboxylic acids is 1. The highest BCUT2D eigenvalue weighted by Gasteiger charge is 2.49. The highest BCUT2D eigenvalue weighted by atomic mass is 19.4. The fraction of sp³-hybridized carbons (Fsp3) is 0.455. The van der Waals surface area contributed by atoms with Gasteiger partial charge in [-0.3, -0.25) is 14.4 Å². The molecule has 2 aromatic rings. The summed E-state index contributed by atoms with van der Waals surface area (Å²) in [6.45, 7) is 2.72. The van der Waals surface area contributed by atoms with Gasteiger partial charge in [0.25, 0.3) is 0 Å². The summed E-state index contributed by atoms with van der Waals surface area (Å²) < 4.78 is 33.5. The predicted molar refractivity (Wildman–Crippen MR) is 111 cm³/mol. The zero-order valence-electron chi connectivity index (χ0n) is 18.0. The third kappa shape index (κ3) is 5.90. The number of carbonyl (C=O) groups excluding carboxylic acids is 1. The number of piperidine rings is 1. The molecule has 2 fully saturated rings. The molecule has 0 bridgehead atoms. The Balaban J connectivity index is 0.000000383. The molecule has 1 amide bonds. The topological polar surface area (TPSA) is 111 Å². The molecule has 2 aliphatic heterocycles. The normalized spacial score (nSPS) is 20.0. The number of benzene rings is 1. The maximum absolute atomic E-state index is 12.2. The molecule has 0 aliphatic carbocycles. The molecule has 0 saturated carbocycles. The number of carbonyl (C=O) groups is 2. The van der Waals surface area contributed by atoms with Crippen LogP contribution in [0, 0.1) is 11.3 Å². The highest BCUT2D eigenvalue weighted by Crippen LogP contribution is 2.43. The van der Waals surface area contributed by atoms with Crippen LogP contribution >= 0.6 is 0 Å². The second kappa shape index (κ2) is 9.62. The third-order valence-electron chi connectivity index (χ3n) is 6.03. The van der Waals surface area contributed by atoms with Gasteiger partial charge in [0.1, 0.15) is 0 Å². The zero-order valence-corrected chi connectivity index (χ0v) is 18.0. The summed E-state index contributed by atoms with van der Waals surface area (Å²) >= 11 is 0. The van der Waals surface area contributed by atoms with Crippen molar-refractivity contribution in [2.45, 2.75) is 43.4 Å². The van der Waals surface area contributed by atoms with E-state index in [1.54, 1.807) is 0 Å². The maximum atomic E-state index is 12.2. The minimum Gasteiger partial charge on any atom is -0.475 e. The number of nitrogens with zero attached hydrogens (tertiary/aromatic N) is 4. The van der Waals surface area contributed by atoms with E-state index in [1.807, 2.05) is 42.3 Å². The van der Waals surface area contributed by atoms with Gasteiger partial charge in [0.05, 0.1) is 17.8 Å². The number of aryl methyl sites for hydroxylation is 1. The zero-order chi connectivity index (χ0) is 24.2. The smallest absolute Gasteiger partial charge is 0.475 e. The first-order valence-electron chi connectivity index (χ1n) is 10.3. The van der Waals surface area contributed by atoms with Crippen molar-refractivity contribution in [3.8, 4) is 6.07 Å². The number of carboxylic acid groups (broad SMARTS) is 1. The van der Waals surface area contributed by atoms with E-state index in [4.69, 9.17) is 15.2 Å². The Morgan fingerprint density at radius 1 is 1.36 bits per heavy atom. The molecule has 2 N–H and O–H groups in total. The first-order chi connectivity index (χ1) is 15.5. The highest BCUT2D eigenvalue weighted by molar-refractivity contribution is 5.81. The molecule has 176 valence electrons. The average Bonchev–Trinajstić information content (AvgIpc) is 3.32. The van der Waals surface area contributed by atoms with Crippen molar-refractivity contribution in [3.05, 3.63) is 53.3 Å². The van der Waals surface area contributed by atoms with Gasteiger partial charge in [-0.25, -0.2) is 4.79 Å². The largest absolute Gasteiger partial charge is 0.490 e. The number of likely N-dealkylation sites (tertiary alicyclic amines) is 1. The molecule has 2 aliphatic rings. The summed E-state index contributed by atoms with van der Waals surface area (Å²) in [6, 6.07) is 10.0. The Kier molecular flexibility index (Phi) is 7.07. The molecule has 8 nitrogen and oxygen atoms in total. The van der Waals surface area contributed by atoms with Gasteiger partial charge in [0, 0.05) is 50.8 Å². The number of carboxylic acids is 1. The van der Waals surface area contributed by atoms with E-state index in [1.165, 1.54) is 5.56 Å². The van der Waals surface area contributed by atoms with E-state index in [0.29, 0.717) is 12.0 Å². The van der Waals surface area contributed by atoms with Crippen molar-refractivity contribution in [2.75, 3.05) is 13.1 Å². The summed E-state index contributed by atoms with van der Waals surface area (Å²) in [7, 11) is 1.92. The number of hydrogen-bond acceptors (Lipinski definition) is 5. The third-order valence-corrected chi connectivity index (χ3v) is 6.03. The molecule has 1 aromatic heterocycles. The van der Waals surface area contributed by atoms with Gasteiger partial charge in [-0.1, -0.05) is 12.1 Å². The molecule has 1 spiro atoms. The molecule has 1 unspecified atom stereocenters. The Morgan fingerprint density at radius 2 is 2.03 bits per heavy atom. The number of nitrogens with one attached hydrogen (secondary N) is 1. The second-order valence-electron chi connectivity index (χ2n) is 8.30. The lowest BCUT2D eigenvalue weighted by Gasteiger charge is -2.42. The van der Waals surface area contributed by atoms with Gasteiger partial charge in [-0.05, 0) is 36.1 Å².